The van der Waals surface area contributed by atoms with Crippen LogP contribution in [0.4, 0.5) is 5.82 Å². The largest absolute Gasteiger partial charge is 0.383 e. The summed E-state index contributed by atoms with van der Waals surface area (Å²) >= 11 is 0. The van der Waals surface area contributed by atoms with Crippen LogP contribution in [0, 0.1) is 0 Å². The van der Waals surface area contributed by atoms with Gasteiger partial charge in [-0.05, 0) is 19.9 Å². The van der Waals surface area contributed by atoms with Crippen LogP contribution >= 0.6 is 0 Å². The molecule has 4 rings (SSSR count). The van der Waals surface area contributed by atoms with Crippen LogP contribution in [0.2, 0.25) is 0 Å². The van der Waals surface area contributed by atoms with E-state index < -0.39 is 5.79 Å². The first kappa shape index (κ1) is 13.9. The second-order valence-corrected chi connectivity index (χ2v) is 6.08. The normalized spacial score (nSPS) is 33.4. The van der Waals surface area contributed by atoms with E-state index in [4.69, 9.17) is 25.7 Å². The summed E-state index contributed by atoms with van der Waals surface area (Å²) in [6, 6.07) is 1.87. The molecular formula is C14H19N5O3. The Morgan fingerprint density at radius 2 is 2.05 bits per heavy atom. The highest BCUT2D eigenvalue weighted by Gasteiger charge is 2.55. The number of hydrogen-bond donors (Lipinski definition) is 2. The Labute approximate surface area is 127 Å². The van der Waals surface area contributed by atoms with Gasteiger partial charge >= 0.3 is 0 Å². The third kappa shape index (κ3) is 1.92. The van der Waals surface area contributed by atoms with Crippen molar-refractivity contribution in [2.45, 2.75) is 44.2 Å². The minimum Gasteiger partial charge on any atom is -0.383 e. The van der Waals surface area contributed by atoms with Crippen molar-refractivity contribution in [3.63, 3.8) is 0 Å². The van der Waals surface area contributed by atoms with Crippen LogP contribution in [-0.4, -0.2) is 45.2 Å². The lowest BCUT2D eigenvalue weighted by Crippen LogP contribution is -2.34. The van der Waals surface area contributed by atoms with Gasteiger partial charge in [-0.2, -0.15) is 0 Å². The molecule has 4 N–H and O–H groups in total. The summed E-state index contributed by atoms with van der Waals surface area (Å²) in [6.07, 6.45) is 2.32. The van der Waals surface area contributed by atoms with Crippen molar-refractivity contribution in [1.82, 2.24) is 14.5 Å². The van der Waals surface area contributed by atoms with Crippen LogP contribution in [0.5, 0.6) is 0 Å². The number of aromatic nitrogens is 3. The Morgan fingerprint density at radius 1 is 1.27 bits per heavy atom. The van der Waals surface area contributed by atoms with Crippen LogP contribution < -0.4 is 11.5 Å². The number of anilines is 1. The third-order valence-electron chi connectivity index (χ3n) is 4.17. The molecule has 8 heteroatoms. The molecule has 0 aromatic carbocycles. The van der Waals surface area contributed by atoms with Crippen LogP contribution in [0.25, 0.3) is 11.0 Å². The van der Waals surface area contributed by atoms with E-state index in [0.29, 0.717) is 18.0 Å². The van der Waals surface area contributed by atoms with Crippen molar-refractivity contribution in [3.05, 3.63) is 18.6 Å². The molecule has 0 unspecified atom stereocenters. The van der Waals surface area contributed by atoms with E-state index in [0.717, 1.165) is 5.39 Å². The van der Waals surface area contributed by atoms with Crippen LogP contribution in [0.15, 0.2) is 18.6 Å². The Hall–Kier alpha value is -1.74. The summed E-state index contributed by atoms with van der Waals surface area (Å²) in [6.45, 7) is 4.15. The summed E-state index contributed by atoms with van der Waals surface area (Å²) < 4.78 is 19.9. The molecule has 118 valence electrons. The van der Waals surface area contributed by atoms with E-state index in [1.54, 1.807) is 0 Å². The molecule has 4 atom stereocenters. The molecule has 2 fully saturated rings. The van der Waals surface area contributed by atoms with Gasteiger partial charge in [0.25, 0.3) is 0 Å². The fourth-order valence-electron chi connectivity index (χ4n) is 3.27. The third-order valence-corrected chi connectivity index (χ3v) is 4.17. The van der Waals surface area contributed by atoms with Crippen LogP contribution in [0.3, 0.4) is 0 Å². The zero-order chi connectivity index (χ0) is 15.5. The Kier molecular flexibility index (Phi) is 2.92. The Balaban J connectivity index is 1.77. The van der Waals surface area contributed by atoms with Crippen LogP contribution in [0.1, 0.15) is 20.1 Å². The molecule has 2 aliphatic rings. The van der Waals surface area contributed by atoms with E-state index in [2.05, 4.69) is 9.97 Å². The SMILES string of the molecule is CC1(C)O[C@H]2[C@H](O1)[C@@H](CN)O[C@H]2n1ccc2c(N)ncnc21. The molecule has 4 heterocycles. The van der Waals surface area contributed by atoms with Gasteiger partial charge in [-0.1, -0.05) is 0 Å². The summed E-state index contributed by atoms with van der Waals surface area (Å²) in [5.41, 5.74) is 12.4. The number of fused-ring (bicyclic) bond motifs is 2. The maximum Gasteiger partial charge on any atom is 0.164 e. The maximum atomic E-state index is 6.05. The standard InChI is InChI=1S/C14H19N5O3/c1-14(2)21-9-8(5-15)20-13(10(9)22-14)19-4-3-7-11(16)17-6-18-12(7)19/h3-4,6,8-10,13H,5,15H2,1-2H3,(H2,16,17,18)/t8-,9-,10+,13-/m1/s1. The van der Waals surface area contributed by atoms with Gasteiger partial charge < -0.3 is 30.2 Å². The Bertz CT molecular complexity index is 716. The van der Waals surface area contributed by atoms with Crippen molar-refractivity contribution in [2.75, 3.05) is 12.3 Å². The van der Waals surface area contributed by atoms with Crippen molar-refractivity contribution < 1.29 is 14.2 Å². The molecule has 2 aromatic rings. The first-order chi connectivity index (χ1) is 10.5. The fourth-order valence-corrected chi connectivity index (χ4v) is 3.27. The van der Waals surface area contributed by atoms with E-state index in [1.807, 2.05) is 30.7 Å². The number of nitrogen functional groups attached to an aromatic ring is 1. The summed E-state index contributed by atoms with van der Waals surface area (Å²) in [7, 11) is 0. The van der Waals surface area contributed by atoms with Crippen molar-refractivity contribution in [2.24, 2.45) is 5.73 Å². The van der Waals surface area contributed by atoms with Crippen molar-refractivity contribution in [3.8, 4) is 0 Å². The molecule has 22 heavy (non-hydrogen) atoms. The van der Waals surface area contributed by atoms with Gasteiger partial charge in [-0.15, -0.1) is 0 Å². The van der Waals surface area contributed by atoms with Gasteiger partial charge in [0.1, 0.15) is 36.1 Å². The molecule has 0 spiro atoms. The minimum absolute atomic E-state index is 0.193. The number of ether oxygens (including phenoxy) is 3. The van der Waals surface area contributed by atoms with Crippen molar-refractivity contribution >= 4 is 16.9 Å². The molecule has 0 amide bonds. The molecule has 2 saturated heterocycles. The lowest BCUT2D eigenvalue weighted by Gasteiger charge is -2.24. The zero-order valence-corrected chi connectivity index (χ0v) is 12.5. The highest BCUT2D eigenvalue weighted by molar-refractivity contribution is 5.86. The first-order valence-electron chi connectivity index (χ1n) is 7.28. The predicted molar refractivity (Wildman–Crippen MR) is 78.7 cm³/mol. The average Bonchev–Trinajstić information content (AvgIpc) is 3.10. The Morgan fingerprint density at radius 3 is 2.82 bits per heavy atom. The molecule has 0 aliphatic carbocycles. The van der Waals surface area contributed by atoms with Gasteiger partial charge in [0.05, 0.1) is 5.39 Å². The second kappa shape index (κ2) is 4.63. The number of nitrogens with zero attached hydrogens (tertiary/aromatic N) is 3. The smallest absolute Gasteiger partial charge is 0.164 e. The van der Waals surface area contributed by atoms with Gasteiger partial charge in [0.2, 0.25) is 0 Å². The summed E-state index contributed by atoms with van der Waals surface area (Å²) in [4.78, 5) is 8.32. The highest BCUT2D eigenvalue weighted by Crippen LogP contribution is 2.43. The van der Waals surface area contributed by atoms with Gasteiger partial charge in [-0.25, -0.2) is 9.97 Å². The molecular weight excluding hydrogens is 286 g/mol. The highest BCUT2D eigenvalue weighted by atomic mass is 16.8. The van der Waals surface area contributed by atoms with Crippen LogP contribution in [-0.2, 0) is 14.2 Å². The summed E-state index contributed by atoms with van der Waals surface area (Å²) in [5.74, 6) is -0.209. The lowest BCUT2D eigenvalue weighted by molar-refractivity contribution is -0.195. The predicted octanol–water partition coefficient (Wildman–Crippen LogP) is 0.390. The first-order valence-corrected chi connectivity index (χ1v) is 7.28. The number of nitrogens with two attached hydrogens (primary N) is 2. The van der Waals surface area contributed by atoms with Gasteiger partial charge in [0, 0.05) is 12.7 Å². The minimum atomic E-state index is -0.651. The molecule has 2 aromatic heterocycles. The van der Waals surface area contributed by atoms with Gasteiger partial charge in [-0.3, -0.25) is 0 Å². The number of rotatable bonds is 2. The van der Waals surface area contributed by atoms with E-state index in [1.165, 1.54) is 6.33 Å². The van der Waals surface area contributed by atoms with E-state index in [9.17, 15) is 0 Å². The van der Waals surface area contributed by atoms with E-state index in [-0.39, 0.29) is 24.5 Å². The van der Waals surface area contributed by atoms with Gasteiger partial charge in [0.15, 0.2) is 12.0 Å². The fraction of sp³-hybridized carbons (Fsp3) is 0.571. The maximum absolute atomic E-state index is 6.05. The van der Waals surface area contributed by atoms with Crippen molar-refractivity contribution in [1.29, 1.82) is 0 Å². The monoisotopic (exact) mass is 305 g/mol. The number of hydrogen-bond acceptors (Lipinski definition) is 7. The topological polar surface area (TPSA) is 110 Å². The average molecular weight is 305 g/mol. The zero-order valence-electron chi connectivity index (χ0n) is 12.5. The molecule has 0 bridgehead atoms. The molecule has 2 aliphatic heterocycles. The molecule has 0 radical (unpaired) electrons. The second-order valence-electron chi connectivity index (χ2n) is 6.08. The molecule has 0 saturated carbocycles. The quantitative estimate of drug-likeness (QED) is 0.825. The van der Waals surface area contributed by atoms with E-state index >= 15 is 0 Å². The summed E-state index contributed by atoms with van der Waals surface area (Å²) in [5, 5.41) is 0.789. The molecule has 8 nitrogen and oxygen atoms in total. The lowest BCUT2D eigenvalue weighted by atomic mass is 10.1.